The van der Waals surface area contributed by atoms with Crippen LogP contribution in [-0.4, -0.2) is 30.3 Å². The molecule has 0 aromatic carbocycles. The van der Waals surface area contributed by atoms with Gasteiger partial charge in [-0.25, -0.2) is 0 Å². The zero-order valence-electron chi connectivity index (χ0n) is 10.0. The van der Waals surface area contributed by atoms with E-state index in [1.54, 1.807) is 19.2 Å². The Hall–Kier alpha value is -1.57. The van der Waals surface area contributed by atoms with Gasteiger partial charge in [-0.2, -0.15) is 13.2 Å². The topological polar surface area (TPSA) is 67.2 Å². The monoisotopic (exact) mass is 265 g/mol. The van der Waals surface area contributed by atoms with E-state index in [-0.39, 0.29) is 6.54 Å². The molecule has 0 atom stereocenters. The molecule has 2 N–H and O–H groups in total. The minimum atomic E-state index is -4.39. The summed E-state index contributed by atoms with van der Waals surface area (Å²) in [6, 6.07) is 0. The number of rotatable bonds is 5. The summed E-state index contributed by atoms with van der Waals surface area (Å²) in [7, 11) is 0. The second-order valence-electron chi connectivity index (χ2n) is 3.80. The number of halogens is 3. The van der Waals surface area contributed by atoms with Crippen molar-refractivity contribution in [2.75, 3.05) is 13.1 Å². The van der Waals surface area contributed by atoms with E-state index in [1.807, 2.05) is 0 Å². The molecular formula is C10H14F3N3O2. The molecule has 1 aromatic heterocycles. The standard InChI is InChI=1S/C10H14F3N3O2/c1-6-8(7(2)18-16-6)3-14-4-9(17)15-5-10(11,12)13/h14H,3-5H2,1-2H3,(H,15,17). The van der Waals surface area contributed by atoms with Crippen LogP contribution in [-0.2, 0) is 11.3 Å². The lowest BCUT2D eigenvalue weighted by molar-refractivity contribution is -0.137. The number of nitrogens with zero attached hydrogens (tertiary/aromatic N) is 1. The first-order chi connectivity index (χ1) is 8.29. The average molecular weight is 265 g/mol. The van der Waals surface area contributed by atoms with Crippen molar-refractivity contribution in [3.63, 3.8) is 0 Å². The molecule has 1 heterocycles. The molecule has 102 valence electrons. The van der Waals surface area contributed by atoms with Crippen LogP contribution in [0.15, 0.2) is 4.52 Å². The number of amides is 1. The second kappa shape index (κ2) is 5.85. The summed E-state index contributed by atoms with van der Waals surface area (Å²) in [5, 5.41) is 8.21. The lowest BCUT2D eigenvalue weighted by atomic mass is 10.2. The van der Waals surface area contributed by atoms with E-state index in [9.17, 15) is 18.0 Å². The molecule has 0 aliphatic carbocycles. The number of carbonyl (C=O) groups is 1. The number of aromatic nitrogens is 1. The highest BCUT2D eigenvalue weighted by molar-refractivity contribution is 5.78. The summed E-state index contributed by atoms with van der Waals surface area (Å²) in [5.74, 6) is -0.0882. The van der Waals surface area contributed by atoms with Gasteiger partial charge < -0.3 is 15.2 Å². The van der Waals surface area contributed by atoms with Crippen LogP contribution in [0.5, 0.6) is 0 Å². The Labute approximate surface area is 102 Å². The van der Waals surface area contributed by atoms with Crippen molar-refractivity contribution in [3.05, 3.63) is 17.0 Å². The molecule has 0 saturated carbocycles. The highest BCUT2D eigenvalue weighted by atomic mass is 19.4. The fourth-order valence-corrected chi connectivity index (χ4v) is 1.32. The van der Waals surface area contributed by atoms with Gasteiger partial charge in [0.15, 0.2) is 0 Å². The molecule has 18 heavy (non-hydrogen) atoms. The van der Waals surface area contributed by atoms with Crippen molar-refractivity contribution in [1.29, 1.82) is 0 Å². The first-order valence-corrected chi connectivity index (χ1v) is 5.25. The van der Waals surface area contributed by atoms with Gasteiger partial charge in [-0.3, -0.25) is 4.79 Å². The summed E-state index contributed by atoms with van der Waals surface area (Å²) in [6.45, 7) is 2.28. The van der Waals surface area contributed by atoms with E-state index < -0.39 is 18.6 Å². The van der Waals surface area contributed by atoms with Crippen LogP contribution in [0.2, 0.25) is 0 Å². The van der Waals surface area contributed by atoms with Crippen LogP contribution in [0.1, 0.15) is 17.0 Å². The summed E-state index contributed by atoms with van der Waals surface area (Å²) >= 11 is 0. The maximum atomic E-state index is 11.8. The van der Waals surface area contributed by atoms with Crippen molar-refractivity contribution < 1.29 is 22.5 Å². The third-order valence-corrected chi connectivity index (χ3v) is 2.25. The summed E-state index contributed by atoms with van der Waals surface area (Å²) in [6.07, 6.45) is -4.39. The Kier molecular flexibility index (Phi) is 4.71. The largest absolute Gasteiger partial charge is 0.405 e. The molecule has 0 fully saturated rings. The van der Waals surface area contributed by atoms with Crippen molar-refractivity contribution in [1.82, 2.24) is 15.8 Å². The van der Waals surface area contributed by atoms with Crippen LogP contribution >= 0.6 is 0 Å². The summed E-state index contributed by atoms with van der Waals surface area (Å²) < 4.78 is 40.3. The molecule has 0 unspecified atom stereocenters. The van der Waals surface area contributed by atoms with E-state index in [2.05, 4.69) is 10.5 Å². The molecular weight excluding hydrogens is 251 g/mol. The Balaban J connectivity index is 2.28. The quantitative estimate of drug-likeness (QED) is 0.835. The SMILES string of the molecule is Cc1noc(C)c1CNCC(=O)NCC(F)(F)F. The number of nitrogens with one attached hydrogen (secondary N) is 2. The summed E-state index contributed by atoms with van der Waals surface area (Å²) in [4.78, 5) is 11.1. The van der Waals surface area contributed by atoms with Crippen molar-refractivity contribution in [2.24, 2.45) is 0 Å². The van der Waals surface area contributed by atoms with Crippen molar-refractivity contribution in [3.8, 4) is 0 Å². The molecule has 0 aliphatic heterocycles. The zero-order chi connectivity index (χ0) is 13.8. The molecule has 1 rings (SSSR count). The maximum absolute atomic E-state index is 11.8. The van der Waals surface area contributed by atoms with Gasteiger partial charge in [0.05, 0.1) is 12.2 Å². The van der Waals surface area contributed by atoms with Crippen molar-refractivity contribution in [2.45, 2.75) is 26.6 Å². The Bertz CT molecular complexity index is 395. The molecule has 1 aromatic rings. The fraction of sp³-hybridized carbons (Fsp3) is 0.600. The van der Waals surface area contributed by atoms with Crippen molar-refractivity contribution >= 4 is 5.91 Å². The van der Waals surface area contributed by atoms with Gasteiger partial charge in [0.2, 0.25) is 5.91 Å². The van der Waals surface area contributed by atoms with Gasteiger partial charge in [-0.15, -0.1) is 0 Å². The minimum absolute atomic E-state index is 0.194. The Morgan fingerprint density at radius 2 is 2.06 bits per heavy atom. The van der Waals surface area contributed by atoms with Crippen LogP contribution in [0.25, 0.3) is 0 Å². The Morgan fingerprint density at radius 1 is 1.39 bits per heavy atom. The summed E-state index contributed by atoms with van der Waals surface area (Å²) in [5.41, 5.74) is 1.49. The van der Waals surface area contributed by atoms with Crippen LogP contribution in [0.3, 0.4) is 0 Å². The highest BCUT2D eigenvalue weighted by Gasteiger charge is 2.27. The molecule has 1 amide bonds. The number of carbonyl (C=O) groups excluding carboxylic acids is 1. The maximum Gasteiger partial charge on any atom is 0.405 e. The molecule has 8 heteroatoms. The molecule has 0 aliphatic rings. The number of hydrogen-bond acceptors (Lipinski definition) is 4. The van der Waals surface area contributed by atoms with E-state index in [4.69, 9.17) is 4.52 Å². The molecule has 0 saturated heterocycles. The minimum Gasteiger partial charge on any atom is -0.361 e. The number of alkyl halides is 3. The lowest BCUT2D eigenvalue weighted by Gasteiger charge is -2.08. The molecule has 0 radical (unpaired) electrons. The predicted molar refractivity (Wildman–Crippen MR) is 56.7 cm³/mol. The third-order valence-electron chi connectivity index (χ3n) is 2.25. The number of hydrogen-bond donors (Lipinski definition) is 2. The predicted octanol–water partition coefficient (Wildman–Crippen LogP) is 1.06. The first-order valence-electron chi connectivity index (χ1n) is 5.25. The normalized spacial score (nSPS) is 11.6. The van der Waals surface area contributed by atoms with Gasteiger partial charge in [-0.05, 0) is 13.8 Å². The Morgan fingerprint density at radius 3 is 2.56 bits per heavy atom. The van der Waals surface area contributed by atoms with E-state index in [1.165, 1.54) is 0 Å². The lowest BCUT2D eigenvalue weighted by Crippen LogP contribution is -2.39. The highest BCUT2D eigenvalue weighted by Crippen LogP contribution is 2.12. The van der Waals surface area contributed by atoms with Gasteiger partial charge >= 0.3 is 6.18 Å². The third kappa shape index (κ3) is 4.74. The van der Waals surface area contributed by atoms with E-state index >= 15 is 0 Å². The van der Waals surface area contributed by atoms with Crippen LogP contribution < -0.4 is 10.6 Å². The van der Waals surface area contributed by atoms with Crippen LogP contribution in [0, 0.1) is 13.8 Å². The van der Waals surface area contributed by atoms with Gasteiger partial charge in [0.1, 0.15) is 12.3 Å². The molecule has 5 nitrogen and oxygen atoms in total. The average Bonchev–Trinajstić information content (AvgIpc) is 2.57. The molecule has 0 spiro atoms. The van der Waals surface area contributed by atoms with Gasteiger partial charge in [0.25, 0.3) is 0 Å². The van der Waals surface area contributed by atoms with Gasteiger partial charge in [-0.1, -0.05) is 5.16 Å². The first kappa shape index (κ1) is 14.5. The van der Waals surface area contributed by atoms with E-state index in [0.29, 0.717) is 18.0 Å². The van der Waals surface area contributed by atoms with E-state index in [0.717, 1.165) is 5.56 Å². The second-order valence-corrected chi connectivity index (χ2v) is 3.80. The van der Waals surface area contributed by atoms with Gasteiger partial charge in [0, 0.05) is 12.1 Å². The molecule has 0 bridgehead atoms. The number of aryl methyl sites for hydroxylation is 2. The fourth-order valence-electron chi connectivity index (χ4n) is 1.32. The van der Waals surface area contributed by atoms with Crippen LogP contribution in [0.4, 0.5) is 13.2 Å². The zero-order valence-corrected chi connectivity index (χ0v) is 10.0. The smallest absolute Gasteiger partial charge is 0.361 e.